The van der Waals surface area contributed by atoms with Crippen molar-refractivity contribution in [1.29, 1.82) is 5.41 Å². The van der Waals surface area contributed by atoms with Crippen LogP contribution in [-0.4, -0.2) is 51.2 Å². The first-order valence-corrected chi connectivity index (χ1v) is 11.7. The van der Waals surface area contributed by atoms with E-state index in [1.807, 2.05) is 24.6 Å². The van der Waals surface area contributed by atoms with Gasteiger partial charge in [-0.15, -0.1) is 0 Å². The highest BCUT2D eigenvalue weighted by Gasteiger charge is 2.32. The van der Waals surface area contributed by atoms with Gasteiger partial charge in [-0.2, -0.15) is 5.10 Å². The lowest BCUT2D eigenvalue weighted by molar-refractivity contribution is 0.0981. The predicted molar refractivity (Wildman–Crippen MR) is 133 cm³/mol. The molecule has 10 nitrogen and oxygen atoms in total. The van der Waals surface area contributed by atoms with Crippen LogP contribution in [0.3, 0.4) is 0 Å². The van der Waals surface area contributed by atoms with E-state index in [0.717, 1.165) is 30.8 Å². The number of carbonyl (C=O) groups is 1. The number of hydrogen-bond acceptors (Lipinski definition) is 8. The van der Waals surface area contributed by atoms with Crippen LogP contribution in [0.5, 0.6) is 0 Å². The van der Waals surface area contributed by atoms with Gasteiger partial charge >= 0.3 is 6.09 Å². The van der Waals surface area contributed by atoms with Gasteiger partial charge in [-0.3, -0.25) is 0 Å². The van der Waals surface area contributed by atoms with Crippen molar-refractivity contribution in [2.75, 3.05) is 12.4 Å². The zero-order valence-corrected chi connectivity index (χ0v) is 20.8. The molecule has 1 aliphatic rings. The molecule has 0 radical (unpaired) electrons. The first-order chi connectivity index (χ1) is 16.1. The van der Waals surface area contributed by atoms with Gasteiger partial charge in [0.25, 0.3) is 0 Å². The van der Waals surface area contributed by atoms with Crippen LogP contribution < -0.4 is 16.0 Å². The molecule has 1 saturated carbocycles. The van der Waals surface area contributed by atoms with Crippen molar-refractivity contribution in [3.63, 3.8) is 0 Å². The van der Waals surface area contributed by atoms with Gasteiger partial charge in [-0.05, 0) is 59.9 Å². The molecule has 0 saturated heterocycles. The number of allylic oxidation sites excluding steroid dienone is 1. The normalized spacial score (nSPS) is 18.6. The summed E-state index contributed by atoms with van der Waals surface area (Å²) in [5.74, 6) is 1.42. The predicted octanol–water partition coefficient (Wildman–Crippen LogP) is 4.15. The molecule has 2 heterocycles. The maximum Gasteiger partial charge on any atom is 0.407 e. The first kappa shape index (κ1) is 25.2. The van der Waals surface area contributed by atoms with E-state index in [2.05, 4.69) is 46.7 Å². The number of carbonyl (C=O) groups excluding carboxylic acids is 1. The molecular formula is C24H36N8O2. The minimum absolute atomic E-state index is 0.0466. The van der Waals surface area contributed by atoms with Crippen LogP contribution in [0, 0.1) is 5.41 Å². The number of alkyl carbamates (subject to hydrolysis) is 1. The molecule has 1 aliphatic carbocycles. The van der Waals surface area contributed by atoms with E-state index >= 15 is 0 Å². The molecule has 2 aromatic heterocycles. The fraction of sp³-hybridized carbons (Fsp3) is 0.542. The quantitative estimate of drug-likeness (QED) is 0.428. The third kappa shape index (κ3) is 6.33. The Morgan fingerprint density at radius 3 is 2.74 bits per heavy atom. The maximum absolute atomic E-state index is 12.0. The standard InChI is InChI=1S/C24H36N8O2/c1-15(2)28-23(33)34-18-8-7-16(11-18)20-12-21(32(31-20)24(3,4)5)30-22-27-10-9-19(29-22)17(13-25)14-26-6/h9-10,12-16,18,25-26H,7-8,11H2,1-6H3,(H,28,33)(H,27,29,30)/b17-14+,25-13?. The molecule has 2 atom stereocenters. The van der Waals surface area contributed by atoms with E-state index in [1.54, 1.807) is 25.5 Å². The van der Waals surface area contributed by atoms with E-state index < -0.39 is 0 Å². The molecule has 0 bridgehead atoms. The summed E-state index contributed by atoms with van der Waals surface area (Å²) < 4.78 is 7.53. The molecule has 4 N–H and O–H groups in total. The number of rotatable bonds is 8. The minimum atomic E-state index is -0.364. The summed E-state index contributed by atoms with van der Waals surface area (Å²) in [4.78, 5) is 20.9. The molecular weight excluding hydrogens is 432 g/mol. The smallest absolute Gasteiger partial charge is 0.407 e. The third-order valence-electron chi connectivity index (χ3n) is 5.49. The zero-order chi connectivity index (χ0) is 24.9. The molecule has 1 amide bonds. The average molecular weight is 469 g/mol. The van der Waals surface area contributed by atoms with Gasteiger partial charge in [-0.25, -0.2) is 19.4 Å². The van der Waals surface area contributed by atoms with Crippen LogP contribution in [0.1, 0.15) is 71.2 Å². The molecule has 0 aromatic carbocycles. The van der Waals surface area contributed by atoms with Gasteiger partial charge < -0.3 is 26.1 Å². The van der Waals surface area contributed by atoms with Gasteiger partial charge in [0.15, 0.2) is 0 Å². The summed E-state index contributed by atoms with van der Waals surface area (Å²) in [5, 5.41) is 21.6. The van der Waals surface area contributed by atoms with Crippen LogP contribution in [-0.2, 0) is 10.3 Å². The largest absolute Gasteiger partial charge is 0.446 e. The Labute approximate surface area is 201 Å². The second kappa shape index (κ2) is 10.7. The van der Waals surface area contributed by atoms with E-state index in [9.17, 15) is 4.79 Å². The number of nitrogens with one attached hydrogen (secondary N) is 4. The fourth-order valence-corrected chi connectivity index (χ4v) is 3.98. The highest BCUT2D eigenvalue weighted by Crippen LogP contribution is 2.37. The Morgan fingerprint density at radius 1 is 1.32 bits per heavy atom. The summed E-state index contributed by atoms with van der Waals surface area (Å²) in [6, 6.07) is 3.84. The molecule has 0 aliphatic heterocycles. The van der Waals surface area contributed by atoms with Crippen molar-refractivity contribution >= 4 is 29.6 Å². The molecule has 2 aromatic rings. The number of ether oxygens (including phenoxy) is 1. The van der Waals surface area contributed by atoms with Crippen molar-refractivity contribution in [2.45, 2.75) is 77.5 Å². The van der Waals surface area contributed by atoms with Crippen molar-refractivity contribution in [3.8, 4) is 0 Å². The van der Waals surface area contributed by atoms with Crippen LogP contribution in [0.2, 0.25) is 0 Å². The average Bonchev–Trinajstić information content (AvgIpc) is 3.38. The number of hydrogen-bond donors (Lipinski definition) is 4. The van der Waals surface area contributed by atoms with E-state index in [0.29, 0.717) is 17.2 Å². The lowest BCUT2D eigenvalue weighted by Gasteiger charge is -2.22. The summed E-state index contributed by atoms with van der Waals surface area (Å²) >= 11 is 0. The van der Waals surface area contributed by atoms with Crippen molar-refractivity contribution in [3.05, 3.63) is 35.9 Å². The number of amides is 1. The summed E-state index contributed by atoms with van der Waals surface area (Å²) in [6.45, 7) is 10.1. The fourth-order valence-electron chi connectivity index (χ4n) is 3.98. The lowest BCUT2D eigenvalue weighted by Crippen LogP contribution is -2.33. The minimum Gasteiger partial charge on any atom is -0.446 e. The maximum atomic E-state index is 12.0. The van der Waals surface area contributed by atoms with Crippen LogP contribution in [0.25, 0.3) is 5.57 Å². The highest BCUT2D eigenvalue weighted by molar-refractivity contribution is 6.07. The Hall–Kier alpha value is -3.43. The molecule has 1 fully saturated rings. The van der Waals surface area contributed by atoms with E-state index in [4.69, 9.17) is 15.2 Å². The van der Waals surface area contributed by atoms with Crippen molar-refractivity contribution < 1.29 is 9.53 Å². The third-order valence-corrected chi connectivity index (χ3v) is 5.49. The second-order valence-electron chi connectivity index (χ2n) is 9.80. The number of aromatic nitrogens is 4. The molecule has 3 rings (SSSR count). The Bertz CT molecular complexity index is 1040. The Kier molecular flexibility index (Phi) is 7.90. The van der Waals surface area contributed by atoms with Gasteiger partial charge in [0.1, 0.15) is 11.9 Å². The van der Waals surface area contributed by atoms with Crippen molar-refractivity contribution in [2.24, 2.45) is 0 Å². The Morgan fingerprint density at radius 2 is 2.09 bits per heavy atom. The van der Waals surface area contributed by atoms with Crippen LogP contribution in [0.15, 0.2) is 24.5 Å². The number of nitrogens with zero attached hydrogens (tertiary/aromatic N) is 4. The van der Waals surface area contributed by atoms with Gasteiger partial charge in [0.05, 0.1) is 16.9 Å². The Balaban J connectivity index is 1.80. The summed E-state index contributed by atoms with van der Waals surface area (Å²) in [7, 11) is 1.78. The molecule has 184 valence electrons. The van der Waals surface area contributed by atoms with Gasteiger partial charge in [0.2, 0.25) is 5.95 Å². The lowest BCUT2D eigenvalue weighted by atomic mass is 10.0. The highest BCUT2D eigenvalue weighted by atomic mass is 16.6. The van der Waals surface area contributed by atoms with E-state index in [-0.39, 0.29) is 29.7 Å². The number of anilines is 2. The molecule has 10 heteroatoms. The topological polar surface area (TPSA) is 130 Å². The van der Waals surface area contributed by atoms with Crippen LogP contribution >= 0.6 is 0 Å². The molecule has 0 spiro atoms. The van der Waals surface area contributed by atoms with Crippen molar-refractivity contribution in [1.82, 2.24) is 30.4 Å². The van der Waals surface area contributed by atoms with Crippen LogP contribution in [0.4, 0.5) is 16.6 Å². The second-order valence-corrected chi connectivity index (χ2v) is 9.80. The van der Waals surface area contributed by atoms with Gasteiger partial charge in [0, 0.05) is 49.3 Å². The van der Waals surface area contributed by atoms with E-state index in [1.165, 1.54) is 6.21 Å². The first-order valence-electron chi connectivity index (χ1n) is 11.7. The molecule has 34 heavy (non-hydrogen) atoms. The zero-order valence-electron chi connectivity index (χ0n) is 20.8. The SMILES string of the molecule is CN/C=C(\C=N)c1ccnc(Nc2cc(C3CCC(OC(=O)NC(C)C)C3)nn2C(C)(C)C)n1. The summed E-state index contributed by atoms with van der Waals surface area (Å²) in [5.41, 5.74) is 1.98. The van der Waals surface area contributed by atoms with Gasteiger partial charge in [-0.1, -0.05) is 0 Å². The monoisotopic (exact) mass is 468 g/mol. The summed E-state index contributed by atoms with van der Waals surface area (Å²) in [6.07, 6.45) is 6.62. The molecule has 2 unspecified atom stereocenters.